The molecule has 0 spiro atoms. The fourth-order valence-corrected chi connectivity index (χ4v) is 2.02. The van der Waals surface area contributed by atoms with Crippen LogP contribution in [0.2, 0.25) is 5.02 Å². The van der Waals surface area contributed by atoms with Crippen molar-refractivity contribution in [1.82, 2.24) is 5.32 Å². The van der Waals surface area contributed by atoms with Gasteiger partial charge in [0.25, 0.3) is 0 Å². The Hall–Kier alpha value is -1.45. The van der Waals surface area contributed by atoms with Crippen LogP contribution in [0.3, 0.4) is 0 Å². The summed E-state index contributed by atoms with van der Waals surface area (Å²) in [4.78, 5) is 0. The number of benzene rings is 2. The summed E-state index contributed by atoms with van der Waals surface area (Å²) in [6, 6.07) is 8.64. The van der Waals surface area contributed by atoms with E-state index in [4.69, 9.17) is 11.6 Å². The van der Waals surface area contributed by atoms with E-state index in [9.17, 15) is 8.78 Å². The van der Waals surface area contributed by atoms with E-state index in [0.29, 0.717) is 22.7 Å². The summed E-state index contributed by atoms with van der Waals surface area (Å²) < 4.78 is 27.0. The van der Waals surface area contributed by atoms with E-state index in [1.54, 1.807) is 19.2 Å². The van der Waals surface area contributed by atoms with Gasteiger partial charge in [0.1, 0.15) is 11.6 Å². The topological polar surface area (TPSA) is 12.0 Å². The zero-order valence-corrected chi connectivity index (χ0v) is 10.6. The van der Waals surface area contributed by atoms with Gasteiger partial charge in [-0.25, -0.2) is 8.78 Å². The molecule has 0 atom stereocenters. The van der Waals surface area contributed by atoms with Gasteiger partial charge in [0.15, 0.2) is 0 Å². The molecule has 4 heteroatoms. The molecule has 2 aromatic carbocycles. The zero-order chi connectivity index (χ0) is 13.1. The molecule has 0 aliphatic carbocycles. The molecule has 1 N–H and O–H groups in total. The van der Waals surface area contributed by atoms with Crippen molar-refractivity contribution < 1.29 is 8.78 Å². The van der Waals surface area contributed by atoms with Crippen molar-refractivity contribution in [3.05, 3.63) is 58.6 Å². The second-order valence-electron chi connectivity index (χ2n) is 3.97. The minimum Gasteiger partial charge on any atom is -0.316 e. The minimum atomic E-state index is -0.437. The van der Waals surface area contributed by atoms with Gasteiger partial charge < -0.3 is 5.32 Å². The average Bonchev–Trinajstić information content (AvgIpc) is 2.35. The van der Waals surface area contributed by atoms with Crippen LogP contribution in [0.4, 0.5) is 8.78 Å². The molecule has 0 amide bonds. The molecule has 0 unspecified atom stereocenters. The van der Waals surface area contributed by atoms with Gasteiger partial charge in [-0.2, -0.15) is 0 Å². The van der Waals surface area contributed by atoms with E-state index in [1.807, 2.05) is 0 Å². The van der Waals surface area contributed by atoms with Crippen molar-refractivity contribution in [2.45, 2.75) is 6.54 Å². The van der Waals surface area contributed by atoms with Gasteiger partial charge in [0.2, 0.25) is 0 Å². The molecule has 0 aromatic heterocycles. The molecular weight excluding hydrogens is 256 g/mol. The highest BCUT2D eigenvalue weighted by molar-refractivity contribution is 6.33. The van der Waals surface area contributed by atoms with Crippen molar-refractivity contribution in [3.63, 3.8) is 0 Å². The predicted molar refractivity (Wildman–Crippen MR) is 69.6 cm³/mol. The standard InChI is InChI=1S/C14H12ClF2N/c1-18-8-9-2-5-14(17)12(6-9)11-7-10(16)3-4-13(11)15/h2-7,18H,8H2,1H3. The molecule has 1 nitrogen and oxygen atoms in total. The summed E-state index contributed by atoms with van der Waals surface area (Å²) in [5.74, 6) is -0.852. The van der Waals surface area contributed by atoms with E-state index in [2.05, 4.69) is 5.32 Å². The first kappa shape index (κ1) is 13.0. The largest absolute Gasteiger partial charge is 0.316 e. The second-order valence-corrected chi connectivity index (χ2v) is 4.38. The number of halogens is 3. The smallest absolute Gasteiger partial charge is 0.131 e. The number of hydrogen-bond donors (Lipinski definition) is 1. The lowest BCUT2D eigenvalue weighted by molar-refractivity contribution is 0.624. The van der Waals surface area contributed by atoms with Crippen molar-refractivity contribution in [3.8, 4) is 11.1 Å². The SMILES string of the molecule is CNCc1ccc(F)c(-c2cc(F)ccc2Cl)c1. The molecule has 0 aliphatic rings. The maximum atomic E-state index is 13.8. The van der Waals surface area contributed by atoms with Gasteiger partial charge in [0.05, 0.1) is 0 Å². The molecule has 0 bridgehead atoms. The normalized spacial score (nSPS) is 10.7. The van der Waals surface area contributed by atoms with Crippen molar-refractivity contribution >= 4 is 11.6 Å². The summed E-state index contributed by atoms with van der Waals surface area (Å²) >= 11 is 5.98. The summed E-state index contributed by atoms with van der Waals surface area (Å²) in [7, 11) is 1.80. The molecular formula is C14H12ClF2N. The minimum absolute atomic E-state index is 0.312. The van der Waals surface area contributed by atoms with E-state index in [0.717, 1.165) is 5.56 Å². The molecule has 2 aromatic rings. The van der Waals surface area contributed by atoms with Crippen LogP contribution in [-0.2, 0) is 6.54 Å². The quantitative estimate of drug-likeness (QED) is 0.886. The van der Waals surface area contributed by atoms with Gasteiger partial charge in [-0.1, -0.05) is 17.7 Å². The fourth-order valence-electron chi connectivity index (χ4n) is 1.80. The third-order valence-corrected chi connectivity index (χ3v) is 2.96. The molecule has 0 saturated heterocycles. The molecule has 18 heavy (non-hydrogen) atoms. The van der Waals surface area contributed by atoms with Crippen LogP contribution < -0.4 is 5.32 Å². The number of hydrogen-bond acceptors (Lipinski definition) is 1. The van der Waals surface area contributed by atoms with Crippen molar-refractivity contribution in [1.29, 1.82) is 0 Å². The number of rotatable bonds is 3. The Morgan fingerprint density at radius 1 is 1.06 bits per heavy atom. The van der Waals surface area contributed by atoms with Crippen LogP contribution >= 0.6 is 11.6 Å². The number of nitrogens with one attached hydrogen (secondary N) is 1. The zero-order valence-electron chi connectivity index (χ0n) is 9.81. The molecule has 0 aliphatic heterocycles. The van der Waals surface area contributed by atoms with Gasteiger partial charge in [-0.05, 0) is 42.9 Å². The predicted octanol–water partition coefficient (Wildman–Crippen LogP) is 4.00. The Morgan fingerprint density at radius 3 is 2.56 bits per heavy atom. The fraction of sp³-hybridized carbons (Fsp3) is 0.143. The summed E-state index contributed by atoms with van der Waals surface area (Å²) in [6.07, 6.45) is 0. The molecule has 0 saturated carbocycles. The Labute approximate surface area is 109 Å². The Balaban J connectivity index is 2.55. The summed E-state index contributed by atoms with van der Waals surface area (Å²) in [5, 5.41) is 3.31. The highest BCUT2D eigenvalue weighted by atomic mass is 35.5. The van der Waals surface area contributed by atoms with Crippen LogP contribution in [0.1, 0.15) is 5.56 Å². The highest BCUT2D eigenvalue weighted by Gasteiger charge is 2.10. The maximum absolute atomic E-state index is 13.8. The maximum Gasteiger partial charge on any atom is 0.131 e. The van der Waals surface area contributed by atoms with Crippen molar-refractivity contribution in [2.75, 3.05) is 7.05 Å². The molecule has 0 heterocycles. The van der Waals surface area contributed by atoms with Crippen molar-refractivity contribution in [2.24, 2.45) is 0 Å². The van der Waals surface area contributed by atoms with Crippen LogP contribution in [-0.4, -0.2) is 7.05 Å². The lowest BCUT2D eigenvalue weighted by Crippen LogP contribution is -2.05. The van der Waals surface area contributed by atoms with Gasteiger partial charge in [-0.15, -0.1) is 0 Å². The van der Waals surface area contributed by atoms with Gasteiger partial charge >= 0.3 is 0 Å². The first-order valence-corrected chi connectivity index (χ1v) is 5.88. The third kappa shape index (κ3) is 2.68. The van der Waals surface area contributed by atoms with Crippen LogP contribution in [0, 0.1) is 11.6 Å². The summed E-state index contributed by atoms with van der Waals surface area (Å²) in [5.41, 5.74) is 1.59. The second kappa shape index (κ2) is 5.46. The van der Waals surface area contributed by atoms with Crippen LogP contribution in [0.5, 0.6) is 0 Å². The molecule has 94 valence electrons. The summed E-state index contributed by atoms with van der Waals surface area (Å²) in [6.45, 7) is 0.611. The Morgan fingerprint density at radius 2 is 1.83 bits per heavy atom. The Bertz CT molecular complexity index is 570. The van der Waals surface area contributed by atoms with Gasteiger partial charge in [0, 0.05) is 22.7 Å². The molecule has 0 radical (unpaired) electrons. The molecule has 0 fully saturated rings. The van der Waals surface area contributed by atoms with E-state index in [1.165, 1.54) is 24.3 Å². The van der Waals surface area contributed by atoms with Gasteiger partial charge in [-0.3, -0.25) is 0 Å². The Kier molecular flexibility index (Phi) is 3.94. The van der Waals surface area contributed by atoms with E-state index >= 15 is 0 Å². The average molecular weight is 268 g/mol. The lowest BCUT2D eigenvalue weighted by Gasteiger charge is -2.09. The van der Waals surface area contributed by atoms with E-state index < -0.39 is 11.6 Å². The van der Waals surface area contributed by atoms with E-state index in [-0.39, 0.29) is 0 Å². The molecule has 2 rings (SSSR count). The monoisotopic (exact) mass is 267 g/mol. The first-order valence-electron chi connectivity index (χ1n) is 5.50. The van der Waals surface area contributed by atoms with Crippen LogP contribution in [0.15, 0.2) is 36.4 Å². The first-order chi connectivity index (χ1) is 8.61. The van der Waals surface area contributed by atoms with Crippen LogP contribution in [0.25, 0.3) is 11.1 Å². The third-order valence-electron chi connectivity index (χ3n) is 2.63. The lowest BCUT2D eigenvalue weighted by atomic mass is 10.0. The highest BCUT2D eigenvalue weighted by Crippen LogP contribution is 2.31.